The molecule has 1 rings (SSSR count). The van der Waals surface area contributed by atoms with Crippen LogP contribution in [0.1, 0.15) is 18.4 Å². The SMILES string of the molecule is CC(N)=NCc1ncoc1C. The lowest BCUT2D eigenvalue weighted by Gasteiger charge is -1.91. The van der Waals surface area contributed by atoms with Gasteiger partial charge in [0.2, 0.25) is 0 Å². The minimum Gasteiger partial charge on any atom is -0.448 e. The van der Waals surface area contributed by atoms with E-state index in [0.717, 1.165) is 11.5 Å². The lowest BCUT2D eigenvalue weighted by molar-refractivity contribution is 0.524. The molecular formula is C7H11N3O. The highest BCUT2D eigenvalue weighted by molar-refractivity contribution is 5.77. The summed E-state index contributed by atoms with van der Waals surface area (Å²) < 4.78 is 4.98. The predicted molar refractivity (Wildman–Crippen MR) is 42.2 cm³/mol. The van der Waals surface area contributed by atoms with Gasteiger partial charge in [-0.05, 0) is 13.8 Å². The zero-order chi connectivity index (χ0) is 8.27. The molecule has 0 fully saturated rings. The summed E-state index contributed by atoms with van der Waals surface area (Å²) >= 11 is 0. The molecule has 4 nitrogen and oxygen atoms in total. The molecule has 0 aliphatic carbocycles. The molecule has 0 aliphatic rings. The number of nitrogens with zero attached hydrogens (tertiary/aromatic N) is 2. The predicted octanol–water partition coefficient (Wildman–Crippen LogP) is 0.860. The maximum Gasteiger partial charge on any atom is 0.181 e. The fraction of sp³-hybridized carbons (Fsp3) is 0.429. The number of hydrogen-bond donors (Lipinski definition) is 1. The first-order chi connectivity index (χ1) is 5.20. The van der Waals surface area contributed by atoms with E-state index in [1.54, 1.807) is 6.92 Å². The first-order valence-corrected chi connectivity index (χ1v) is 3.35. The molecule has 11 heavy (non-hydrogen) atoms. The number of rotatable bonds is 2. The molecule has 0 radical (unpaired) electrons. The molecule has 4 heteroatoms. The number of hydrogen-bond acceptors (Lipinski definition) is 3. The normalized spacial score (nSPS) is 12.0. The van der Waals surface area contributed by atoms with Gasteiger partial charge >= 0.3 is 0 Å². The molecule has 0 amide bonds. The Labute approximate surface area is 65.1 Å². The summed E-state index contributed by atoms with van der Waals surface area (Å²) in [4.78, 5) is 7.96. The van der Waals surface area contributed by atoms with E-state index in [9.17, 15) is 0 Å². The highest BCUT2D eigenvalue weighted by Gasteiger charge is 2.00. The van der Waals surface area contributed by atoms with Gasteiger partial charge in [-0.15, -0.1) is 0 Å². The Morgan fingerprint density at radius 2 is 2.55 bits per heavy atom. The van der Waals surface area contributed by atoms with E-state index in [0.29, 0.717) is 12.4 Å². The fourth-order valence-corrected chi connectivity index (χ4v) is 0.680. The highest BCUT2D eigenvalue weighted by atomic mass is 16.3. The minimum atomic E-state index is 0.505. The largest absolute Gasteiger partial charge is 0.448 e. The third-order valence-electron chi connectivity index (χ3n) is 1.32. The highest BCUT2D eigenvalue weighted by Crippen LogP contribution is 2.04. The van der Waals surface area contributed by atoms with Gasteiger partial charge in [-0.2, -0.15) is 0 Å². The molecule has 0 aliphatic heterocycles. The Balaban J connectivity index is 2.65. The van der Waals surface area contributed by atoms with Crippen LogP contribution in [0.4, 0.5) is 0 Å². The van der Waals surface area contributed by atoms with Crippen molar-refractivity contribution in [2.75, 3.05) is 0 Å². The average molecular weight is 153 g/mol. The van der Waals surface area contributed by atoms with Gasteiger partial charge in [0.25, 0.3) is 0 Å². The van der Waals surface area contributed by atoms with Gasteiger partial charge in [-0.1, -0.05) is 0 Å². The van der Waals surface area contributed by atoms with Gasteiger partial charge in [0.05, 0.1) is 12.4 Å². The summed E-state index contributed by atoms with van der Waals surface area (Å²) in [5.41, 5.74) is 6.19. The maximum atomic E-state index is 5.35. The Morgan fingerprint density at radius 3 is 3.00 bits per heavy atom. The van der Waals surface area contributed by atoms with Gasteiger partial charge in [0, 0.05) is 0 Å². The monoisotopic (exact) mass is 153 g/mol. The Kier molecular flexibility index (Phi) is 2.25. The number of nitrogens with two attached hydrogens (primary N) is 1. The summed E-state index contributed by atoms with van der Waals surface area (Å²) in [6, 6.07) is 0. The van der Waals surface area contributed by atoms with E-state index in [4.69, 9.17) is 10.2 Å². The lowest BCUT2D eigenvalue weighted by Crippen LogP contribution is -2.05. The van der Waals surface area contributed by atoms with Crippen LogP contribution in [0.15, 0.2) is 15.8 Å². The molecule has 0 bridgehead atoms. The van der Waals surface area contributed by atoms with Gasteiger partial charge < -0.3 is 10.2 Å². The van der Waals surface area contributed by atoms with Crippen LogP contribution in [0.2, 0.25) is 0 Å². The van der Waals surface area contributed by atoms with E-state index >= 15 is 0 Å². The zero-order valence-corrected chi connectivity index (χ0v) is 6.66. The van der Waals surface area contributed by atoms with Crippen molar-refractivity contribution in [1.29, 1.82) is 0 Å². The summed E-state index contributed by atoms with van der Waals surface area (Å²) in [6.45, 7) is 4.10. The van der Waals surface area contributed by atoms with Gasteiger partial charge in [0.15, 0.2) is 6.39 Å². The van der Waals surface area contributed by atoms with E-state index in [2.05, 4.69) is 9.98 Å². The molecule has 0 spiro atoms. The average Bonchev–Trinajstić information content (AvgIpc) is 2.31. The van der Waals surface area contributed by atoms with Crippen LogP contribution in [0, 0.1) is 6.92 Å². The van der Waals surface area contributed by atoms with E-state index in [-0.39, 0.29) is 0 Å². The second kappa shape index (κ2) is 3.18. The van der Waals surface area contributed by atoms with Crippen LogP contribution in [0.3, 0.4) is 0 Å². The van der Waals surface area contributed by atoms with Gasteiger partial charge in [-0.3, -0.25) is 4.99 Å². The number of aliphatic imine (C=N–C) groups is 1. The van der Waals surface area contributed by atoms with Crippen molar-refractivity contribution < 1.29 is 4.42 Å². The molecule has 2 N–H and O–H groups in total. The van der Waals surface area contributed by atoms with Crippen LogP contribution in [-0.4, -0.2) is 10.8 Å². The summed E-state index contributed by atoms with van der Waals surface area (Å²) in [6.07, 6.45) is 1.41. The molecule has 0 unspecified atom stereocenters. The van der Waals surface area contributed by atoms with Crippen molar-refractivity contribution in [3.05, 3.63) is 17.8 Å². The molecular weight excluding hydrogens is 142 g/mol. The fourth-order valence-electron chi connectivity index (χ4n) is 0.680. The number of oxazole rings is 1. The van der Waals surface area contributed by atoms with Gasteiger partial charge in [-0.25, -0.2) is 4.98 Å². The van der Waals surface area contributed by atoms with Crippen molar-refractivity contribution in [2.24, 2.45) is 10.7 Å². The van der Waals surface area contributed by atoms with E-state index in [1.165, 1.54) is 6.39 Å². The molecule has 0 saturated heterocycles. The number of aromatic nitrogens is 1. The molecule has 1 aromatic heterocycles. The second-order valence-corrected chi connectivity index (χ2v) is 2.31. The van der Waals surface area contributed by atoms with Crippen molar-refractivity contribution in [1.82, 2.24) is 4.98 Å². The second-order valence-electron chi connectivity index (χ2n) is 2.31. The molecule has 0 atom stereocenters. The van der Waals surface area contributed by atoms with Crippen LogP contribution >= 0.6 is 0 Å². The Morgan fingerprint density at radius 1 is 1.82 bits per heavy atom. The van der Waals surface area contributed by atoms with Crippen LogP contribution in [0.25, 0.3) is 0 Å². The van der Waals surface area contributed by atoms with Crippen LogP contribution in [0.5, 0.6) is 0 Å². The van der Waals surface area contributed by atoms with Crippen molar-refractivity contribution in [3.8, 4) is 0 Å². The molecule has 1 aromatic rings. The van der Waals surface area contributed by atoms with Crippen molar-refractivity contribution >= 4 is 5.84 Å². The van der Waals surface area contributed by atoms with Gasteiger partial charge in [0.1, 0.15) is 11.5 Å². The van der Waals surface area contributed by atoms with Crippen LogP contribution < -0.4 is 5.73 Å². The van der Waals surface area contributed by atoms with Crippen molar-refractivity contribution in [3.63, 3.8) is 0 Å². The zero-order valence-electron chi connectivity index (χ0n) is 6.66. The first-order valence-electron chi connectivity index (χ1n) is 3.35. The maximum absolute atomic E-state index is 5.35. The lowest BCUT2D eigenvalue weighted by atomic mass is 10.4. The minimum absolute atomic E-state index is 0.505. The molecule has 0 aromatic carbocycles. The third-order valence-corrected chi connectivity index (χ3v) is 1.32. The standard InChI is InChI=1S/C7H11N3O/c1-5-7(10-4-11-5)3-9-6(2)8/h4H,3H2,1-2H3,(H2,8,9). The number of aryl methyl sites for hydroxylation is 1. The Bertz CT molecular complexity index is 260. The molecule has 0 saturated carbocycles. The summed E-state index contributed by atoms with van der Waals surface area (Å²) in [5, 5.41) is 0. The first kappa shape index (κ1) is 7.78. The topological polar surface area (TPSA) is 64.4 Å². The number of amidine groups is 1. The quantitative estimate of drug-likeness (QED) is 0.506. The van der Waals surface area contributed by atoms with Crippen LogP contribution in [-0.2, 0) is 6.54 Å². The van der Waals surface area contributed by atoms with Crippen molar-refractivity contribution in [2.45, 2.75) is 20.4 Å². The Hall–Kier alpha value is -1.32. The molecule has 1 heterocycles. The van der Waals surface area contributed by atoms with E-state index in [1.807, 2.05) is 6.92 Å². The third kappa shape index (κ3) is 2.07. The summed E-state index contributed by atoms with van der Waals surface area (Å²) in [5.74, 6) is 1.36. The van der Waals surface area contributed by atoms with E-state index < -0.39 is 0 Å². The molecule has 60 valence electrons. The summed E-state index contributed by atoms with van der Waals surface area (Å²) in [7, 11) is 0. The smallest absolute Gasteiger partial charge is 0.181 e.